The summed E-state index contributed by atoms with van der Waals surface area (Å²) in [6, 6.07) is 12.6. The van der Waals surface area contributed by atoms with Gasteiger partial charge in [-0.1, -0.05) is 47.5 Å². The van der Waals surface area contributed by atoms with E-state index in [0.717, 1.165) is 39.4 Å². The molecule has 1 aromatic heterocycles. The van der Waals surface area contributed by atoms with Crippen LogP contribution in [0.3, 0.4) is 0 Å². The predicted octanol–water partition coefficient (Wildman–Crippen LogP) is 2.99. The zero-order valence-electron chi connectivity index (χ0n) is 16.2. The molecule has 0 fully saturated rings. The van der Waals surface area contributed by atoms with E-state index in [1.807, 2.05) is 56.3 Å². The van der Waals surface area contributed by atoms with Crippen LogP contribution in [-0.4, -0.2) is 31.7 Å². The lowest BCUT2D eigenvalue weighted by molar-refractivity contribution is -0.147. The Labute approximate surface area is 165 Å². The van der Waals surface area contributed by atoms with Crippen molar-refractivity contribution < 1.29 is 17.9 Å². The van der Waals surface area contributed by atoms with E-state index >= 15 is 0 Å². The fraction of sp³-hybridized carbons (Fsp3) is 0.286. The number of hydrogen-bond donors (Lipinski definition) is 2. The molecule has 0 spiro atoms. The van der Waals surface area contributed by atoms with Crippen molar-refractivity contribution in [2.45, 2.75) is 32.9 Å². The SMILES string of the molecule is Cc1cc(C)cc(COC(=O)C(Cc2c[nH]c3ccccc23)NS(C)(=O)=O)c1. The van der Waals surface area contributed by atoms with Crippen molar-refractivity contribution in [2.24, 2.45) is 0 Å². The fourth-order valence-electron chi connectivity index (χ4n) is 3.36. The fourth-order valence-corrected chi connectivity index (χ4v) is 4.06. The zero-order chi connectivity index (χ0) is 20.3. The number of para-hydroxylation sites is 1. The van der Waals surface area contributed by atoms with Gasteiger partial charge in [-0.3, -0.25) is 4.79 Å². The highest BCUT2D eigenvalue weighted by atomic mass is 32.2. The summed E-state index contributed by atoms with van der Waals surface area (Å²) in [4.78, 5) is 15.8. The summed E-state index contributed by atoms with van der Waals surface area (Å²) in [5, 5.41) is 0.949. The summed E-state index contributed by atoms with van der Waals surface area (Å²) in [5.41, 5.74) is 4.81. The third-order valence-electron chi connectivity index (χ3n) is 4.40. The molecule has 7 heteroatoms. The molecule has 0 saturated carbocycles. The number of hydrogen-bond acceptors (Lipinski definition) is 4. The van der Waals surface area contributed by atoms with Crippen LogP contribution >= 0.6 is 0 Å². The van der Waals surface area contributed by atoms with E-state index in [1.54, 1.807) is 6.20 Å². The third kappa shape index (κ3) is 5.21. The molecule has 0 aliphatic heterocycles. The van der Waals surface area contributed by atoms with Crippen LogP contribution in [0.5, 0.6) is 0 Å². The van der Waals surface area contributed by atoms with E-state index in [-0.39, 0.29) is 13.0 Å². The molecule has 0 aliphatic carbocycles. The summed E-state index contributed by atoms with van der Waals surface area (Å²) in [6.07, 6.45) is 3.02. The average molecular weight is 401 g/mol. The first-order chi connectivity index (χ1) is 13.2. The van der Waals surface area contributed by atoms with Crippen molar-refractivity contribution in [1.82, 2.24) is 9.71 Å². The van der Waals surface area contributed by atoms with Gasteiger partial charge in [0.15, 0.2) is 0 Å². The Morgan fingerprint density at radius 3 is 2.50 bits per heavy atom. The van der Waals surface area contributed by atoms with Crippen LogP contribution in [0, 0.1) is 13.8 Å². The minimum atomic E-state index is -3.58. The highest BCUT2D eigenvalue weighted by Crippen LogP contribution is 2.20. The molecule has 1 unspecified atom stereocenters. The molecule has 2 N–H and O–H groups in total. The standard InChI is InChI=1S/C21H24N2O4S/c1-14-8-15(2)10-16(9-14)13-27-21(24)20(23-28(3,25)26)11-17-12-22-19-7-5-4-6-18(17)19/h4-10,12,20,22-23H,11,13H2,1-3H3. The number of H-pyrrole nitrogens is 1. The predicted molar refractivity (Wildman–Crippen MR) is 109 cm³/mol. The number of nitrogens with one attached hydrogen (secondary N) is 2. The number of aromatic nitrogens is 1. The number of benzene rings is 2. The first kappa shape index (κ1) is 20.1. The number of aryl methyl sites for hydroxylation is 2. The smallest absolute Gasteiger partial charge is 0.324 e. The summed E-state index contributed by atoms with van der Waals surface area (Å²) < 4.78 is 31.4. The maximum atomic E-state index is 12.7. The quantitative estimate of drug-likeness (QED) is 0.597. The second-order valence-corrected chi connectivity index (χ2v) is 8.89. The molecular formula is C21H24N2O4S. The van der Waals surface area contributed by atoms with Gasteiger partial charge in [-0.2, -0.15) is 0 Å². The Morgan fingerprint density at radius 2 is 1.82 bits per heavy atom. The molecule has 0 bridgehead atoms. The zero-order valence-corrected chi connectivity index (χ0v) is 17.0. The second kappa shape index (κ2) is 8.16. The summed E-state index contributed by atoms with van der Waals surface area (Å²) in [7, 11) is -3.58. The van der Waals surface area contributed by atoms with Gasteiger partial charge in [-0.05, 0) is 31.0 Å². The number of esters is 1. The molecular weight excluding hydrogens is 376 g/mol. The van der Waals surface area contributed by atoms with Gasteiger partial charge in [0, 0.05) is 23.5 Å². The van der Waals surface area contributed by atoms with Crippen LogP contribution in [-0.2, 0) is 32.6 Å². The van der Waals surface area contributed by atoms with E-state index in [0.29, 0.717) is 0 Å². The molecule has 1 atom stereocenters. The highest BCUT2D eigenvalue weighted by molar-refractivity contribution is 7.88. The van der Waals surface area contributed by atoms with Gasteiger partial charge in [-0.25, -0.2) is 13.1 Å². The first-order valence-electron chi connectivity index (χ1n) is 8.97. The van der Waals surface area contributed by atoms with Gasteiger partial charge in [0.1, 0.15) is 12.6 Å². The van der Waals surface area contributed by atoms with E-state index in [4.69, 9.17) is 4.74 Å². The topological polar surface area (TPSA) is 88.3 Å². The van der Waals surface area contributed by atoms with Crippen molar-refractivity contribution in [3.63, 3.8) is 0 Å². The van der Waals surface area contributed by atoms with E-state index < -0.39 is 22.0 Å². The Kier molecular flexibility index (Phi) is 5.86. The minimum Gasteiger partial charge on any atom is -0.460 e. The van der Waals surface area contributed by atoms with Gasteiger partial charge in [0.25, 0.3) is 0 Å². The number of sulfonamides is 1. The maximum Gasteiger partial charge on any atom is 0.324 e. The van der Waals surface area contributed by atoms with Crippen LogP contribution < -0.4 is 4.72 Å². The number of carbonyl (C=O) groups excluding carboxylic acids is 1. The number of rotatable bonds is 7. The van der Waals surface area contributed by atoms with Gasteiger partial charge in [0.05, 0.1) is 6.26 Å². The minimum absolute atomic E-state index is 0.0944. The lowest BCUT2D eigenvalue weighted by atomic mass is 10.1. The lowest BCUT2D eigenvalue weighted by Gasteiger charge is -2.17. The molecule has 0 radical (unpaired) electrons. The molecule has 28 heavy (non-hydrogen) atoms. The lowest BCUT2D eigenvalue weighted by Crippen LogP contribution is -2.42. The molecule has 2 aromatic carbocycles. The molecule has 0 saturated heterocycles. The summed E-state index contributed by atoms with van der Waals surface area (Å²) >= 11 is 0. The number of aromatic amines is 1. The molecule has 3 aromatic rings. The third-order valence-corrected chi connectivity index (χ3v) is 5.12. The van der Waals surface area contributed by atoms with Crippen LogP contribution in [0.2, 0.25) is 0 Å². The number of fused-ring (bicyclic) bond motifs is 1. The molecule has 3 rings (SSSR count). The van der Waals surface area contributed by atoms with Crippen molar-refractivity contribution >= 4 is 26.9 Å². The van der Waals surface area contributed by atoms with Crippen LogP contribution in [0.25, 0.3) is 10.9 Å². The van der Waals surface area contributed by atoms with E-state index in [2.05, 4.69) is 9.71 Å². The molecule has 1 heterocycles. The Balaban J connectivity index is 1.78. The Bertz CT molecular complexity index is 1080. The second-order valence-electron chi connectivity index (χ2n) is 7.11. The van der Waals surface area contributed by atoms with Crippen molar-refractivity contribution in [2.75, 3.05) is 6.26 Å². The Morgan fingerprint density at radius 1 is 1.14 bits per heavy atom. The van der Waals surface area contributed by atoms with Crippen molar-refractivity contribution in [3.05, 3.63) is 70.9 Å². The van der Waals surface area contributed by atoms with Gasteiger partial charge in [0.2, 0.25) is 10.0 Å². The van der Waals surface area contributed by atoms with E-state index in [1.165, 1.54) is 0 Å². The monoisotopic (exact) mass is 400 g/mol. The number of ether oxygens (including phenoxy) is 1. The highest BCUT2D eigenvalue weighted by Gasteiger charge is 2.25. The average Bonchev–Trinajstić information content (AvgIpc) is 3.00. The van der Waals surface area contributed by atoms with Crippen LogP contribution in [0.15, 0.2) is 48.7 Å². The van der Waals surface area contributed by atoms with Gasteiger partial charge < -0.3 is 9.72 Å². The molecule has 0 aliphatic rings. The van der Waals surface area contributed by atoms with Gasteiger partial charge >= 0.3 is 5.97 Å². The summed E-state index contributed by atoms with van der Waals surface area (Å²) in [5.74, 6) is -0.602. The molecule has 6 nitrogen and oxygen atoms in total. The van der Waals surface area contributed by atoms with Crippen molar-refractivity contribution in [3.8, 4) is 0 Å². The normalized spacial score (nSPS) is 12.8. The molecule has 148 valence electrons. The van der Waals surface area contributed by atoms with E-state index in [9.17, 15) is 13.2 Å². The summed E-state index contributed by atoms with van der Waals surface area (Å²) in [6.45, 7) is 4.05. The van der Waals surface area contributed by atoms with Gasteiger partial charge in [-0.15, -0.1) is 0 Å². The largest absolute Gasteiger partial charge is 0.460 e. The molecule has 0 amide bonds. The number of carbonyl (C=O) groups is 1. The van der Waals surface area contributed by atoms with Crippen LogP contribution in [0.4, 0.5) is 0 Å². The maximum absolute atomic E-state index is 12.7. The Hall–Kier alpha value is -2.64. The first-order valence-corrected chi connectivity index (χ1v) is 10.9. The van der Waals surface area contributed by atoms with Crippen molar-refractivity contribution in [1.29, 1.82) is 0 Å². The van der Waals surface area contributed by atoms with Crippen LogP contribution in [0.1, 0.15) is 22.3 Å².